The highest BCUT2D eigenvalue weighted by atomic mass is 79.9. The summed E-state index contributed by atoms with van der Waals surface area (Å²) < 4.78 is 0.842. The zero-order chi connectivity index (χ0) is 14.7. The average Bonchev–Trinajstić information content (AvgIpc) is 2.46. The van der Waals surface area contributed by atoms with E-state index in [2.05, 4.69) is 15.9 Å². The Kier molecular flexibility index (Phi) is 4.61. The summed E-state index contributed by atoms with van der Waals surface area (Å²) in [6.45, 7) is 4.05. The molecule has 20 heavy (non-hydrogen) atoms. The van der Waals surface area contributed by atoms with Crippen LogP contribution in [-0.2, 0) is 0 Å². The van der Waals surface area contributed by atoms with Gasteiger partial charge in [-0.2, -0.15) is 0 Å². The van der Waals surface area contributed by atoms with Crippen LogP contribution in [0.25, 0.3) is 0 Å². The van der Waals surface area contributed by atoms with Crippen molar-refractivity contribution in [1.29, 1.82) is 0 Å². The lowest BCUT2D eigenvalue weighted by Gasteiger charge is -2.26. The molecule has 0 aromatic heterocycles. The highest BCUT2D eigenvalue weighted by Gasteiger charge is 2.20. The van der Waals surface area contributed by atoms with Crippen LogP contribution in [0, 0.1) is 6.92 Å². The monoisotopic (exact) mass is 331 g/mol. The molecular weight excluding hydrogens is 314 g/mol. The fourth-order valence-corrected chi connectivity index (χ4v) is 2.78. The van der Waals surface area contributed by atoms with Crippen LogP contribution in [0.2, 0.25) is 0 Å². The van der Waals surface area contributed by atoms with E-state index in [4.69, 9.17) is 0 Å². The topological polar surface area (TPSA) is 20.3 Å². The molecule has 2 aromatic carbocycles. The summed E-state index contributed by atoms with van der Waals surface area (Å²) in [7, 11) is 1.84. The fourth-order valence-electron chi connectivity index (χ4n) is 2.11. The van der Waals surface area contributed by atoms with Gasteiger partial charge in [-0.1, -0.05) is 36.4 Å². The quantitative estimate of drug-likeness (QED) is 0.805. The van der Waals surface area contributed by atoms with Crippen molar-refractivity contribution < 1.29 is 4.79 Å². The second-order valence-corrected chi connectivity index (χ2v) is 5.84. The third kappa shape index (κ3) is 3.10. The molecule has 2 nitrogen and oxygen atoms in total. The van der Waals surface area contributed by atoms with Crippen molar-refractivity contribution in [3.8, 4) is 0 Å². The molecule has 0 heterocycles. The summed E-state index contributed by atoms with van der Waals surface area (Å²) >= 11 is 3.47. The van der Waals surface area contributed by atoms with Crippen LogP contribution in [0.15, 0.2) is 53.0 Å². The van der Waals surface area contributed by atoms with E-state index < -0.39 is 0 Å². The van der Waals surface area contributed by atoms with E-state index in [0.29, 0.717) is 5.56 Å². The number of aryl methyl sites for hydroxylation is 1. The third-order valence-corrected chi connectivity index (χ3v) is 4.19. The van der Waals surface area contributed by atoms with Crippen LogP contribution >= 0.6 is 15.9 Å². The van der Waals surface area contributed by atoms with Crippen LogP contribution < -0.4 is 0 Å². The lowest BCUT2D eigenvalue weighted by Crippen LogP contribution is -2.29. The molecule has 1 amide bonds. The molecule has 0 saturated carbocycles. The summed E-state index contributed by atoms with van der Waals surface area (Å²) in [5.41, 5.74) is 2.96. The summed E-state index contributed by atoms with van der Waals surface area (Å²) in [6.07, 6.45) is 0. The average molecular weight is 332 g/mol. The molecule has 0 aliphatic carbocycles. The number of hydrogen-bond donors (Lipinski definition) is 0. The first-order valence-electron chi connectivity index (χ1n) is 6.59. The van der Waals surface area contributed by atoms with Gasteiger partial charge in [0.15, 0.2) is 0 Å². The maximum absolute atomic E-state index is 12.6. The molecule has 0 saturated heterocycles. The van der Waals surface area contributed by atoms with Crippen molar-refractivity contribution >= 4 is 21.8 Å². The van der Waals surface area contributed by atoms with Crippen molar-refractivity contribution in [3.05, 3.63) is 69.7 Å². The Bertz CT molecular complexity index is 610. The lowest BCUT2D eigenvalue weighted by atomic mass is 10.1. The van der Waals surface area contributed by atoms with Gasteiger partial charge in [0.25, 0.3) is 5.91 Å². The molecule has 2 rings (SSSR count). The minimum Gasteiger partial charge on any atom is -0.335 e. The SMILES string of the molecule is Cc1ccc(C(=O)N(C)C(C)c2ccccc2)c(Br)c1. The van der Waals surface area contributed by atoms with Gasteiger partial charge < -0.3 is 4.90 Å². The second kappa shape index (κ2) is 6.23. The van der Waals surface area contributed by atoms with E-state index in [-0.39, 0.29) is 11.9 Å². The molecule has 3 heteroatoms. The Balaban J connectivity index is 2.24. The van der Waals surface area contributed by atoms with Gasteiger partial charge in [-0.25, -0.2) is 0 Å². The highest BCUT2D eigenvalue weighted by Crippen LogP contribution is 2.24. The molecule has 104 valence electrons. The zero-order valence-corrected chi connectivity index (χ0v) is 13.5. The van der Waals surface area contributed by atoms with Gasteiger partial charge >= 0.3 is 0 Å². The van der Waals surface area contributed by atoms with Gasteiger partial charge in [0.05, 0.1) is 11.6 Å². The Labute approximate surface area is 128 Å². The van der Waals surface area contributed by atoms with Crippen LogP contribution in [0.5, 0.6) is 0 Å². The minimum absolute atomic E-state index is 0.0215. The Hall–Kier alpha value is -1.61. The number of carbonyl (C=O) groups excluding carboxylic acids is 1. The van der Waals surface area contributed by atoms with Gasteiger partial charge in [-0.15, -0.1) is 0 Å². The van der Waals surface area contributed by atoms with Crippen LogP contribution in [0.3, 0.4) is 0 Å². The van der Waals surface area contributed by atoms with Gasteiger partial charge in [-0.05, 0) is 53.0 Å². The molecule has 0 N–H and O–H groups in total. The lowest BCUT2D eigenvalue weighted by molar-refractivity contribution is 0.0741. The van der Waals surface area contributed by atoms with E-state index in [1.165, 1.54) is 0 Å². The molecule has 0 aliphatic heterocycles. The Morgan fingerprint density at radius 1 is 1.15 bits per heavy atom. The number of carbonyl (C=O) groups is 1. The third-order valence-electron chi connectivity index (χ3n) is 3.54. The van der Waals surface area contributed by atoms with Gasteiger partial charge in [-0.3, -0.25) is 4.79 Å². The second-order valence-electron chi connectivity index (χ2n) is 4.99. The summed E-state index contributed by atoms with van der Waals surface area (Å²) in [6, 6.07) is 15.9. The van der Waals surface area contributed by atoms with E-state index in [1.54, 1.807) is 4.90 Å². The Morgan fingerprint density at radius 3 is 2.40 bits per heavy atom. The van der Waals surface area contributed by atoms with E-state index in [1.807, 2.05) is 69.4 Å². The van der Waals surface area contributed by atoms with Crippen molar-refractivity contribution in [2.45, 2.75) is 19.9 Å². The molecule has 2 aromatic rings. The summed E-state index contributed by atoms with van der Waals surface area (Å²) in [5.74, 6) is 0.0215. The maximum atomic E-state index is 12.6. The normalized spacial score (nSPS) is 12.0. The largest absolute Gasteiger partial charge is 0.335 e. The number of rotatable bonds is 3. The zero-order valence-electron chi connectivity index (χ0n) is 11.9. The van der Waals surface area contributed by atoms with Crippen molar-refractivity contribution in [1.82, 2.24) is 4.90 Å². The predicted octanol–water partition coefficient (Wildman–Crippen LogP) is 4.59. The van der Waals surface area contributed by atoms with Gasteiger partial charge in [0, 0.05) is 11.5 Å². The number of hydrogen-bond acceptors (Lipinski definition) is 1. The fraction of sp³-hybridized carbons (Fsp3) is 0.235. The number of amides is 1. The number of halogens is 1. The highest BCUT2D eigenvalue weighted by molar-refractivity contribution is 9.10. The first kappa shape index (κ1) is 14.8. The molecule has 0 aliphatic rings. The summed E-state index contributed by atoms with van der Waals surface area (Å²) in [5, 5.41) is 0. The first-order chi connectivity index (χ1) is 9.50. The maximum Gasteiger partial charge on any atom is 0.255 e. The van der Waals surface area contributed by atoms with Crippen molar-refractivity contribution in [3.63, 3.8) is 0 Å². The molecule has 1 unspecified atom stereocenters. The van der Waals surface area contributed by atoms with Crippen molar-refractivity contribution in [2.75, 3.05) is 7.05 Å². The molecule has 0 bridgehead atoms. The molecule has 0 fully saturated rings. The van der Waals surface area contributed by atoms with Crippen molar-refractivity contribution in [2.24, 2.45) is 0 Å². The van der Waals surface area contributed by atoms with Gasteiger partial charge in [0.2, 0.25) is 0 Å². The smallest absolute Gasteiger partial charge is 0.255 e. The predicted molar refractivity (Wildman–Crippen MR) is 85.8 cm³/mol. The standard InChI is InChI=1S/C17H18BrNO/c1-12-9-10-15(16(18)11-12)17(20)19(3)13(2)14-7-5-4-6-8-14/h4-11,13H,1-3H3. The minimum atomic E-state index is 0.0215. The Morgan fingerprint density at radius 2 is 1.80 bits per heavy atom. The van der Waals surface area contributed by atoms with E-state index in [0.717, 1.165) is 15.6 Å². The molecule has 0 spiro atoms. The van der Waals surface area contributed by atoms with Gasteiger partial charge in [0.1, 0.15) is 0 Å². The van der Waals surface area contributed by atoms with Crippen LogP contribution in [-0.4, -0.2) is 17.9 Å². The number of nitrogens with zero attached hydrogens (tertiary/aromatic N) is 1. The van der Waals surface area contributed by atoms with Crippen LogP contribution in [0.1, 0.15) is 34.5 Å². The van der Waals surface area contributed by atoms with E-state index in [9.17, 15) is 4.79 Å². The van der Waals surface area contributed by atoms with E-state index >= 15 is 0 Å². The molecular formula is C17H18BrNO. The summed E-state index contributed by atoms with van der Waals surface area (Å²) in [4.78, 5) is 14.4. The first-order valence-corrected chi connectivity index (χ1v) is 7.38. The van der Waals surface area contributed by atoms with Crippen LogP contribution in [0.4, 0.5) is 0 Å². The molecule has 1 atom stereocenters. The number of benzene rings is 2. The molecule has 0 radical (unpaired) electrons.